The summed E-state index contributed by atoms with van der Waals surface area (Å²) in [7, 11) is 0. The summed E-state index contributed by atoms with van der Waals surface area (Å²) in [6.07, 6.45) is 13.7. The number of nitrogens with zero attached hydrogens (tertiary/aromatic N) is 1. The maximum Gasteiger partial charge on any atom is 0.0377 e. The molecule has 0 aromatic carbocycles. The van der Waals surface area contributed by atoms with Crippen LogP contribution in [-0.2, 0) is 0 Å². The van der Waals surface area contributed by atoms with E-state index < -0.39 is 0 Å². The molecule has 2 atom stereocenters. The summed E-state index contributed by atoms with van der Waals surface area (Å²) in [5.41, 5.74) is 2.71. The van der Waals surface area contributed by atoms with Gasteiger partial charge in [0.05, 0.1) is 0 Å². The number of thiophene rings is 1. The standard InChI is InChI=1S/C22H35NS/c1-4-9-19(10-5-2)22-15-20(16-24-22)17(3)23-14-8-12-18-11-6-7-13-21(18)23/h15-16,18-19,21H,3-14H2,1-2H3. The van der Waals surface area contributed by atoms with Gasteiger partial charge in [0, 0.05) is 34.1 Å². The molecule has 2 fully saturated rings. The third kappa shape index (κ3) is 3.90. The van der Waals surface area contributed by atoms with Crippen molar-refractivity contribution in [3.8, 4) is 0 Å². The van der Waals surface area contributed by atoms with Gasteiger partial charge in [-0.2, -0.15) is 0 Å². The second kappa shape index (κ2) is 8.56. The van der Waals surface area contributed by atoms with Crippen LogP contribution in [0.3, 0.4) is 0 Å². The maximum absolute atomic E-state index is 4.54. The highest BCUT2D eigenvalue weighted by Crippen LogP contribution is 2.40. The van der Waals surface area contributed by atoms with Crippen molar-refractivity contribution in [1.82, 2.24) is 4.90 Å². The molecule has 0 N–H and O–H groups in total. The molecule has 1 saturated carbocycles. The molecule has 2 unspecified atom stereocenters. The Morgan fingerprint density at radius 3 is 2.62 bits per heavy atom. The quantitative estimate of drug-likeness (QED) is 0.511. The Kier molecular flexibility index (Phi) is 6.43. The molecule has 0 radical (unpaired) electrons. The number of rotatable bonds is 7. The van der Waals surface area contributed by atoms with E-state index in [-0.39, 0.29) is 0 Å². The summed E-state index contributed by atoms with van der Waals surface area (Å²) in [5, 5.41) is 2.38. The average Bonchev–Trinajstić information content (AvgIpc) is 3.10. The van der Waals surface area contributed by atoms with Crippen molar-refractivity contribution in [2.75, 3.05) is 6.54 Å². The Morgan fingerprint density at radius 2 is 1.88 bits per heavy atom. The Balaban J connectivity index is 1.72. The average molecular weight is 346 g/mol. The fourth-order valence-electron chi connectivity index (χ4n) is 4.97. The zero-order valence-electron chi connectivity index (χ0n) is 15.7. The van der Waals surface area contributed by atoms with Gasteiger partial charge >= 0.3 is 0 Å². The van der Waals surface area contributed by atoms with Crippen LogP contribution in [0.1, 0.15) is 94.4 Å². The zero-order chi connectivity index (χ0) is 16.9. The van der Waals surface area contributed by atoms with E-state index >= 15 is 0 Å². The predicted molar refractivity (Wildman–Crippen MR) is 108 cm³/mol. The fourth-order valence-corrected chi connectivity index (χ4v) is 6.06. The zero-order valence-corrected chi connectivity index (χ0v) is 16.5. The van der Waals surface area contributed by atoms with E-state index in [9.17, 15) is 0 Å². The normalized spacial score (nSPS) is 24.2. The molecule has 24 heavy (non-hydrogen) atoms. The van der Waals surface area contributed by atoms with Crippen molar-refractivity contribution in [3.05, 3.63) is 28.5 Å². The van der Waals surface area contributed by atoms with Crippen LogP contribution < -0.4 is 0 Å². The minimum absolute atomic E-state index is 0.760. The lowest BCUT2D eigenvalue weighted by Crippen LogP contribution is -2.45. The molecule has 2 aliphatic rings. The van der Waals surface area contributed by atoms with E-state index in [1.165, 1.54) is 82.0 Å². The van der Waals surface area contributed by atoms with Gasteiger partial charge in [0.1, 0.15) is 0 Å². The van der Waals surface area contributed by atoms with Crippen LogP contribution in [-0.4, -0.2) is 17.5 Å². The van der Waals surface area contributed by atoms with Gasteiger partial charge in [0.25, 0.3) is 0 Å². The monoisotopic (exact) mass is 345 g/mol. The first-order valence-electron chi connectivity index (χ1n) is 10.3. The van der Waals surface area contributed by atoms with Gasteiger partial charge in [0.15, 0.2) is 0 Å². The Labute approximate surface area is 153 Å². The highest BCUT2D eigenvalue weighted by Gasteiger charge is 2.34. The molecule has 0 bridgehead atoms. The number of fused-ring (bicyclic) bond motifs is 1. The van der Waals surface area contributed by atoms with Gasteiger partial charge in [-0.15, -0.1) is 11.3 Å². The highest BCUT2D eigenvalue weighted by atomic mass is 32.1. The summed E-state index contributed by atoms with van der Waals surface area (Å²) in [5.74, 6) is 1.69. The lowest BCUT2D eigenvalue weighted by Gasteiger charge is -2.46. The van der Waals surface area contributed by atoms with Crippen LogP contribution in [0, 0.1) is 5.92 Å². The summed E-state index contributed by atoms with van der Waals surface area (Å²) < 4.78 is 0. The van der Waals surface area contributed by atoms with Gasteiger partial charge in [-0.3, -0.25) is 0 Å². The van der Waals surface area contributed by atoms with Crippen LogP contribution in [0.25, 0.3) is 5.70 Å². The molecule has 0 amide bonds. The molecule has 0 spiro atoms. The smallest absolute Gasteiger partial charge is 0.0377 e. The van der Waals surface area contributed by atoms with Crippen LogP contribution in [0.5, 0.6) is 0 Å². The molecule has 3 rings (SSSR count). The molecule has 1 aliphatic heterocycles. The maximum atomic E-state index is 4.54. The first-order valence-corrected chi connectivity index (χ1v) is 11.2. The third-order valence-corrected chi connectivity index (χ3v) is 7.31. The number of piperidine rings is 1. The van der Waals surface area contributed by atoms with Crippen molar-refractivity contribution in [2.24, 2.45) is 5.92 Å². The number of likely N-dealkylation sites (tertiary alicyclic amines) is 1. The van der Waals surface area contributed by atoms with Gasteiger partial charge in [-0.25, -0.2) is 0 Å². The van der Waals surface area contributed by atoms with Crippen LogP contribution >= 0.6 is 11.3 Å². The second-order valence-corrected chi connectivity index (χ2v) is 8.85. The Bertz CT molecular complexity index is 524. The molecule has 1 saturated heterocycles. The molecule has 2 heteroatoms. The molecule has 134 valence electrons. The van der Waals surface area contributed by atoms with Crippen LogP contribution in [0.2, 0.25) is 0 Å². The first-order chi connectivity index (χ1) is 11.7. The summed E-state index contributed by atoms with van der Waals surface area (Å²) in [6.45, 7) is 10.4. The van der Waals surface area contributed by atoms with Crippen LogP contribution in [0.4, 0.5) is 0 Å². The molecular formula is C22H35NS. The molecule has 2 heterocycles. The Hall–Kier alpha value is -0.760. The van der Waals surface area contributed by atoms with Crippen molar-refractivity contribution < 1.29 is 0 Å². The SMILES string of the molecule is C=C(c1csc(C(CCC)CCC)c1)N1CCCC2CCCCC21. The van der Waals surface area contributed by atoms with E-state index in [4.69, 9.17) is 0 Å². The fraction of sp³-hybridized carbons (Fsp3) is 0.727. The topological polar surface area (TPSA) is 3.24 Å². The van der Waals surface area contributed by atoms with Crippen molar-refractivity contribution >= 4 is 17.0 Å². The summed E-state index contributed by atoms with van der Waals surface area (Å²) in [4.78, 5) is 4.26. The van der Waals surface area contributed by atoms with Crippen LogP contribution in [0.15, 0.2) is 18.0 Å². The van der Waals surface area contributed by atoms with Crippen molar-refractivity contribution in [1.29, 1.82) is 0 Å². The van der Waals surface area contributed by atoms with Gasteiger partial charge < -0.3 is 4.90 Å². The van der Waals surface area contributed by atoms with Gasteiger partial charge in [-0.05, 0) is 56.4 Å². The molecular weight excluding hydrogens is 310 g/mol. The number of hydrogen-bond donors (Lipinski definition) is 0. The molecule has 1 nitrogen and oxygen atoms in total. The summed E-state index contributed by atoms with van der Waals surface area (Å²) in [6, 6.07) is 3.24. The predicted octanol–water partition coefficient (Wildman–Crippen LogP) is 7.06. The lowest BCUT2D eigenvalue weighted by atomic mass is 9.78. The van der Waals surface area contributed by atoms with E-state index in [1.54, 1.807) is 4.88 Å². The first kappa shape index (κ1) is 18.0. The molecule has 1 aromatic rings. The highest BCUT2D eigenvalue weighted by molar-refractivity contribution is 7.10. The van der Waals surface area contributed by atoms with Crippen molar-refractivity contribution in [3.63, 3.8) is 0 Å². The van der Waals surface area contributed by atoms with Crippen molar-refractivity contribution in [2.45, 2.75) is 90.0 Å². The Morgan fingerprint density at radius 1 is 1.17 bits per heavy atom. The third-order valence-electron chi connectivity index (χ3n) is 6.22. The lowest BCUT2D eigenvalue weighted by molar-refractivity contribution is 0.111. The van der Waals surface area contributed by atoms with E-state index in [0.717, 1.165) is 17.9 Å². The van der Waals surface area contributed by atoms with E-state index in [2.05, 4.69) is 36.8 Å². The molecule has 1 aliphatic carbocycles. The van der Waals surface area contributed by atoms with Gasteiger partial charge in [0.2, 0.25) is 0 Å². The molecule has 1 aromatic heterocycles. The second-order valence-electron chi connectivity index (χ2n) is 7.91. The van der Waals surface area contributed by atoms with Gasteiger partial charge in [-0.1, -0.05) is 46.1 Å². The number of hydrogen-bond acceptors (Lipinski definition) is 2. The summed E-state index contributed by atoms with van der Waals surface area (Å²) >= 11 is 1.97. The largest absolute Gasteiger partial charge is 0.368 e. The van der Waals surface area contributed by atoms with E-state index in [1.807, 2.05) is 11.3 Å². The minimum atomic E-state index is 0.760. The van der Waals surface area contributed by atoms with E-state index in [0.29, 0.717) is 0 Å². The minimum Gasteiger partial charge on any atom is -0.368 e.